The van der Waals surface area contributed by atoms with Crippen LogP contribution in [0.5, 0.6) is 0 Å². The van der Waals surface area contributed by atoms with Crippen molar-refractivity contribution < 1.29 is 28.2 Å². The molecule has 2 atom stereocenters. The van der Waals surface area contributed by atoms with Crippen molar-refractivity contribution in [1.82, 2.24) is 9.71 Å². The number of aliphatic carboxylic acids is 2. The maximum Gasteiger partial charge on any atom is 0.322 e. The van der Waals surface area contributed by atoms with Gasteiger partial charge in [-0.2, -0.15) is 4.72 Å². The third kappa shape index (κ3) is 4.36. The zero-order chi connectivity index (χ0) is 19.5. The summed E-state index contributed by atoms with van der Waals surface area (Å²) < 4.78 is 27.6. The van der Waals surface area contributed by atoms with Gasteiger partial charge in [-0.1, -0.05) is 32.0 Å². The fourth-order valence-corrected chi connectivity index (χ4v) is 4.12. The summed E-state index contributed by atoms with van der Waals surface area (Å²) >= 11 is 0. The van der Waals surface area contributed by atoms with Gasteiger partial charge in [-0.25, -0.2) is 8.42 Å². The summed E-state index contributed by atoms with van der Waals surface area (Å²) in [6, 6.07) is 6.02. The minimum Gasteiger partial charge on any atom is -0.481 e. The highest BCUT2D eigenvalue weighted by atomic mass is 32.2. The number of carbonyl (C=O) groups is 2. The maximum absolute atomic E-state index is 12.8. The van der Waals surface area contributed by atoms with E-state index in [4.69, 9.17) is 0 Å². The van der Waals surface area contributed by atoms with Crippen LogP contribution in [0.2, 0.25) is 0 Å². The van der Waals surface area contributed by atoms with E-state index in [1.165, 1.54) is 18.3 Å². The summed E-state index contributed by atoms with van der Waals surface area (Å²) in [4.78, 5) is 26.9. The van der Waals surface area contributed by atoms with E-state index < -0.39 is 33.9 Å². The average Bonchev–Trinajstić information content (AvgIpc) is 2.56. The molecule has 1 heterocycles. The van der Waals surface area contributed by atoms with Crippen molar-refractivity contribution in [1.29, 1.82) is 0 Å². The molecular formula is C17H20N2O6S. The van der Waals surface area contributed by atoms with Gasteiger partial charge in [0, 0.05) is 11.6 Å². The number of carboxylic acid groups (broad SMARTS) is 2. The van der Waals surface area contributed by atoms with E-state index in [2.05, 4.69) is 4.98 Å². The predicted octanol–water partition coefficient (Wildman–Crippen LogP) is 1.71. The first kappa shape index (κ1) is 19.8. The van der Waals surface area contributed by atoms with Crippen LogP contribution in [-0.4, -0.2) is 41.6 Å². The smallest absolute Gasteiger partial charge is 0.322 e. The van der Waals surface area contributed by atoms with Gasteiger partial charge in [0.2, 0.25) is 10.0 Å². The van der Waals surface area contributed by atoms with E-state index in [1.54, 1.807) is 32.0 Å². The van der Waals surface area contributed by atoms with Crippen LogP contribution in [0.25, 0.3) is 10.9 Å². The first-order valence-electron chi connectivity index (χ1n) is 7.95. The highest BCUT2D eigenvalue weighted by molar-refractivity contribution is 7.89. The average molecular weight is 380 g/mol. The lowest BCUT2D eigenvalue weighted by atomic mass is 9.91. The van der Waals surface area contributed by atoms with E-state index in [1.807, 2.05) is 4.72 Å². The molecule has 1 aromatic heterocycles. The van der Waals surface area contributed by atoms with Gasteiger partial charge in [-0.3, -0.25) is 14.6 Å². The molecule has 8 nitrogen and oxygen atoms in total. The molecule has 1 aromatic carbocycles. The summed E-state index contributed by atoms with van der Waals surface area (Å²) in [6.45, 7) is 3.47. The minimum absolute atomic E-state index is 0.0165. The van der Waals surface area contributed by atoms with E-state index >= 15 is 0 Å². The van der Waals surface area contributed by atoms with Gasteiger partial charge in [0.05, 0.1) is 11.4 Å². The molecule has 9 heteroatoms. The molecule has 140 valence electrons. The molecule has 0 bridgehead atoms. The molecule has 0 saturated heterocycles. The summed E-state index contributed by atoms with van der Waals surface area (Å²) in [6.07, 6.45) is 1.44. The van der Waals surface area contributed by atoms with Crippen molar-refractivity contribution in [2.75, 3.05) is 0 Å². The van der Waals surface area contributed by atoms with Crippen LogP contribution in [0.15, 0.2) is 41.4 Å². The Balaban J connectivity index is 2.46. The molecule has 0 unspecified atom stereocenters. The van der Waals surface area contributed by atoms with Crippen LogP contribution in [0, 0.1) is 11.8 Å². The number of sulfonamides is 1. The summed E-state index contributed by atoms with van der Waals surface area (Å²) in [5, 5.41) is 19.4. The van der Waals surface area contributed by atoms with Crippen molar-refractivity contribution in [2.24, 2.45) is 11.8 Å². The number of hydrogen-bond acceptors (Lipinski definition) is 5. The number of nitrogens with one attached hydrogen (secondary N) is 1. The number of hydrogen-bond donors (Lipinski definition) is 3. The number of pyridine rings is 1. The molecule has 26 heavy (non-hydrogen) atoms. The monoisotopic (exact) mass is 380 g/mol. The lowest BCUT2D eigenvalue weighted by Crippen LogP contribution is -2.48. The highest BCUT2D eigenvalue weighted by Crippen LogP contribution is 2.23. The predicted molar refractivity (Wildman–Crippen MR) is 94.1 cm³/mol. The van der Waals surface area contributed by atoms with Crippen LogP contribution in [0.1, 0.15) is 20.3 Å². The lowest BCUT2D eigenvalue weighted by Gasteiger charge is -2.23. The van der Waals surface area contributed by atoms with Crippen molar-refractivity contribution in [2.45, 2.75) is 31.2 Å². The van der Waals surface area contributed by atoms with Gasteiger partial charge in [0.15, 0.2) is 0 Å². The van der Waals surface area contributed by atoms with Crippen LogP contribution < -0.4 is 4.72 Å². The Morgan fingerprint density at radius 2 is 1.77 bits per heavy atom. The van der Waals surface area contributed by atoms with Gasteiger partial charge < -0.3 is 10.2 Å². The van der Waals surface area contributed by atoms with Crippen LogP contribution in [-0.2, 0) is 19.6 Å². The van der Waals surface area contributed by atoms with Gasteiger partial charge in [-0.05, 0) is 24.5 Å². The third-order valence-corrected chi connectivity index (χ3v) is 5.35. The van der Waals surface area contributed by atoms with Crippen LogP contribution in [0.3, 0.4) is 0 Å². The van der Waals surface area contributed by atoms with Gasteiger partial charge in [-0.15, -0.1) is 0 Å². The van der Waals surface area contributed by atoms with Crippen LogP contribution >= 0.6 is 0 Å². The second-order valence-electron chi connectivity index (χ2n) is 6.34. The topological polar surface area (TPSA) is 134 Å². The van der Waals surface area contributed by atoms with E-state index in [9.17, 15) is 28.2 Å². The first-order chi connectivity index (χ1) is 12.1. The lowest BCUT2D eigenvalue weighted by molar-refractivity contribution is -0.151. The molecule has 3 N–H and O–H groups in total. The van der Waals surface area contributed by atoms with Crippen molar-refractivity contribution in [3.05, 3.63) is 36.5 Å². The Labute approximate surface area is 150 Å². The number of fused-ring (bicyclic) bond motifs is 1. The van der Waals surface area contributed by atoms with Gasteiger partial charge in [0.1, 0.15) is 10.9 Å². The molecule has 0 spiro atoms. The Hall–Kier alpha value is -2.52. The second kappa shape index (κ2) is 7.79. The Morgan fingerprint density at radius 3 is 2.35 bits per heavy atom. The quantitative estimate of drug-likeness (QED) is 0.635. The Morgan fingerprint density at radius 1 is 1.12 bits per heavy atom. The van der Waals surface area contributed by atoms with E-state index in [0.717, 1.165) is 0 Å². The third-order valence-electron chi connectivity index (χ3n) is 3.88. The number of benzene rings is 1. The van der Waals surface area contributed by atoms with Crippen molar-refractivity contribution in [3.63, 3.8) is 0 Å². The standard InChI is InChI=1S/C17H20N2O6S/c1-10(2)9-12(16(20)21)15(17(22)23)19-26(24,25)13-7-3-5-11-6-4-8-18-14(11)13/h3-8,10,12,15,19H,9H2,1-2H3,(H,20,21)(H,22,23)/t12-,15+/m1/s1. The maximum atomic E-state index is 12.8. The normalized spacial score (nSPS) is 14.3. The molecule has 0 saturated carbocycles. The Bertz CT molecular complexity index is 920. The molecular weight excluding hydrogens is 360 g/mol. The van der Waals surface area contributed by atoms with E-state index in [0.29, 0.717) is 5.39 Å². The summed E-state index contributed by atoms with van der Waals surface area (Å²) in [5.41, 5.74) is 0.183. The molecule has 0 aliphatic carbocycles. The minimum atomic E-state index is -4.30. The fraction of sp³-hybridized carbons (Fsp3) is 0.353. The molecule has 2 rings (SSSR count). The zero-order valence-electron chi connectivity index (χ0n) is 14.3. The van der Waals surface area contributed by atoms with Crippen LogP contribution in [0.4, 0.5) is 0 Å². The largest absolute Gasteiger partial charge is 0.481 e. The molecule has 0 aliphatic rings. The SMILES string of the molecule is CC(C)C[C@@H](C(=O)O)[C@H](NS(=O)(=O)c1cccc2cccnc12)C(=O)O. The molecule has 0 fully saturated rings. The van der Waals surface area contributed by atoms with E-state index in [-0.39, 0.29) is 22.8 Å². The number of para-hydroxylation sites is 1. The fourth-order valence-electron chi connectivity index (χ4n) is 2.72. The summed E-state index contributed by atoms with van der Waals surface area (Å²) in [7, 11) is -4.30. The number of aromatic nitrogens is 1. The summed E-state index contributed by atoms with van der Waals surface area (Å²) in [5.74, 6) is -4.44. The number of nitrogens with zero attached hydrogens (tertiary/aromatic N) is 1. The second-order valence-corrected chi connectivity index (χ2v) is 8.03. The number of rotatable bonds is 8. The van der Waals surface area contributed by atoms with Crippen molar-refractivity contribution >= 4 is 32.9 Å². The number of carboxylic acids is 2. The van der Waals surface area contributed by atoms with Crippen molar-refractivity contribution in [3.8, 4) is 0 Å². The highest BCUT2D eigenvalue weighted by Gasteiger charge is 2.38. The Kier molecular flexibility index (Phi) is 5.94. The zero-order valence-corrected chi connectivity index (χ0v) is 15.1. The van der Waals surface area contributed by atoms with Gasteiger partial charge >= 0.3 is 11.9 Å². The van der Waals surface area contributed by atoms with Gasteiger partial charge in [0.25, 0.3) is 0 Å². The molecule has 0 amide bonds. The molecule has 2 aromatic rings. The molecule has 0 aliphatic heterocycles. The molecule has 0 radical (unpaired) electrons. The first-order valence-corrected chi connectivity index (χ1v) is 9.43.